The molecule has 116 valence electrons. The Labute approximate surface area is 126 Å². The van der Waals surface area contributed by atoms with Gasteiger partial charge in [0.2, 0.25) is 0 Å². The van der Waals surface area contributed by atoms with Crippen LogP contribution in [0.1, 0.15) is 77.6 Å². The van der Waals surface area contributed by atoms with E-state index in [2.05, 4.69) is 13.5 Å². The van der Waals surface area contributed by atoms with E-state index in [1.807, 2.05) is 6.08 Å². The van der Waals surface area contributed by atoms with E-state index < -0.39 is 0 Å². The molecule has 20 heavy (non-hydrogen) atoms. The van der Waals surface area contributed by atoms with Gasteiger partial charge in [-0.3, -0.25) is 0 Å². The van der Waals surface area contributed by atoms with Gasteiger partial charge in [-0.05, 0) is 56.3 Å². The molecule has 0 aromatic heterocycles. The van der Waals surface area contributed by atoms with Gasteiger partial charge in [0.25, 0.3) is 0 Å². The standard InChI is InChI=1S/C19H34O/c1-3-5-6-16-7-9-17(10-8-16)18-11-13-19(14-12-18)20-15-4-2/h4,16-19H,2-3,5-15H2,1H3/t16-,17-,18-,19-. The number of hydrogen-bond donors (Lipinski definition) is 0. The topological polar surface area (TPSA) is 9.23 Å². The van der Waals surface area contributed by atoms with Crippen molar-refractivity contribution < 1.29 is 4.74 Å². The molecule has 2 aliphatic carbocycles. The van der Waals surface area contributed by atoms with Gasteiger partial charge in [-0.15, -0.1) is 6.58 Å². The number of hydrogen-bond acceptors (Lipinski definition) is 1. The number of rotatable bonds is 7. The van der Waals surface area contributed by atoms with Crippen molar-refractivity contribution in [2.24, 2.45) is 17.8 Å². The summed E-state index contributed by atoms with van der Waals surface area (Å²) in [4.78, 5) is 0. The van der Waals surface area contributed by atoms with Crippen molar-refractivity contribution in [2.45, 2.75) is 83.7 Å². The van der Waals surface area contributed by atoms with Gasteiger partial charge in [-0.1, -0.05) is 45.1 Å². The van der Waals surface area contributed by atoms with E-state index in [-0.39, 0.29) is 0 Å². The van der Waals surface area contributed by atoms with E-state index in [4.69, 9.17) is 4.74 Å². The van der Waals surface area contributed by atoms with Crippen LogP contribution in [0.25, 0.3) is 0 Å². The average molecular weight is 278 g/mol. The fourth-order valence-electron chi connectivity index (χ4n) is 4.37. The summed E-state index contributed by atoms with van der Waals surface area (Å²) >= 11 is 0. The summed E-state index contributed by atoms with van der Waals surface area (Å²) in [7, 11) is 0. The molecule has 1 heteroatoms. The zero-order valence-electron chi connectivity index (χ0n) is 13.5. The lowest BCUT2D eigenvalue weighted by molar-refractivity contribution is 0.0211. The van der Waals surface area contributed by atoms with Crippen molar-refractivity contribution in [2.75, 3.05) is 6.61 Å². The average Bonchev–Trinajstić information content (AvgIpc) is 2.52. The van der Waals surface area contributed by atoms with E-state index in [1.165, 1.54) is 70.6 Å². The Bertz CT molecular complexity index is 257. The molecule has 0 unspecified atom stereocenters. The van der Waals surface area contributed by atoms with Crippen LogP contribution in [0.3, 0.4) is 0 Å². The van der Waals surface area contributed by atoms with Gasteiger partial charge in [0, 0.05) is 0 Å². The van der Waals surface area contributed by atoms with Crippen LogP contribution in [-0.2, 0) is 4.74 Å². The minimum atomic E-state index is 0.519. The largest absolute Gasteiger partial charge is 0.374 e. The third-order valence-corrected chi connectivity index (χ3v) is 5.69. The predicted octanol–water partition coefficient (Wildman–Crippen LogP) is 5.74. The quantitative estimate of drug-likeness (QED) is 0.539. The molecule has 0 saturated heterocycles. The van der Waals surface area contributed by atoms with Crippen LogP contribution in [0.4, 0.5) is 0 Å². The fourth-order valence-corrected chi connectivity index (χ4v) is 4.37. The highest BCUT2D eigenvalue weighted by molar-refractivity contribution is 4.82. The molecule has 0 spiro atoms. The molecule has 0 atom stereocenters. The Kier molecular flexibility index (Phi) is 7.13. The first-order chi connectivity index (χ1) is 9.83. The van der Waals surface area contributed by atoms with E-state index >= 15 is 0 Å². The van der Waals surface area contributed by atoms with Crippen molar-refractivity contribution in [3.05, 3.63) is 12.7 Å². The van der Waals surface area contributed by atoms with Gasteiger partial charge < -0.3 is 4.74 Å². The lowest BCUT2D eigenvalue weighted by Gasteiger charge is -2.37. The van der Waals surface area contributed by atoms with Gasteiger partial charge in [0.1, 0.15) is 0 Å². The highest BCUT2D eigenvalue weighted by Gasteiger charge is 2.30. The lowest BCUT2D eigenvalue weighted by atomic mass is 9.70. The van der Waals surface area contributed by atoms with Gasteiger partial charge in [0.15, 0.2) is 0 Å². The maximum atomic E-state index is 5.81. The highest BCUT2D eigenvalue weighted by Crippen LogP contribution is 2.41. The van der Waals surface area contributed by atoms with E-state index in [1.54, 1.807) is 0 Å². The first-order valence-corrected chi connectivity index (χ1v) is 9.06. The second-order valence-electron chi connectivity index (χ2n) is 7.08. The van der Waals surface area contributed by atoms with Crippen LogP contribution in [0.15, 0.2) is 12.7 Å². The molecule has 2 saturated carbocycles. The van der Waals surface area contributed by atoms with Crippen LogP contribution in [0.2, 0.25) is 0 Å². The molecule has 2 rings (SSSR count). The predicted molar refractivity (Wildman–Crippen MR) is 86.9 cm³/mol. The SMILES string of the molecule is C=CCO[C@H]1CC[C@H]([C@H]2CC[C@H](CCCC)CC2)CC1. The third kappa shape index (κ3) is 4.91. The highest BCUT2D eigenvalue weighted by atomic mass is 16.5. The van der Waals surface area contributed by atoms with Gasteiger partial charge in [-0.25, -0.2) is 0 Å². The molecular weight excluding hydrogens is 244 g/mol. The van der Waals surface area contributed by atoms with Crippen molar-refractivity contribution in [3.8, 4) is 0 Å². The summed E-state index contributed by atoms with van der Waals surface area (Å²) in [6.45, 7) is 6.79. The second kappa shape index (κ2) is 8.87. The molecule has 2 aliphatic rings. The van der Waals surface area contributed by atoms with Crippen LogP contribution >= 0.6 is 0 Å². The third-order valence-electron chi connectivity index (χ3n) is 5.69. The van der Waals surface area contributed by atoms with Crippen molar-refractivity contribution >= 4 is 0 Å². The monoisotopic (exact) mass is 278 g/mol. The van der Waals surface area contributed by atoms with Crippen LogP contribution < -0.4 is 0 Å². The van der Waals surface area contributed by atoms with Gasteiger partial charge in [0.05, 0.1) is 12.7 Å². The molecule has 0 N–H and O–H groups in total. The normalized spacial score (nSPS) is 34.9. The summed E-state index contributed by atoms with van der Waals surface area (Å²) in [5.41, 5.74) is 0. The summed E-state index contributed by atoms with van der Waals surface area (Å²) in [5, 5.41) is 0. The van der Waals surface area contributed by atoms with Crippen molar-refractivity contribution in [1.82, 2.24) is 0 Å². The molecule has 0 bridgehead atoms. The minimum Gasteiger partial charge on any atom is -0.374 e. The molecule has 0 aromatic rings. The van der Waals surface area contributed by atoms with Crippen LogP contribution in [0.5, 0.6) is 0 Å². The number of unbranched alkanes of at least 4 members (excludes halogenated alkanes) is 1. The Morgan fingerprint density at radius 3 is 2.10 bits per heavy atom. The van der Waals surface area contributed by atoms with Crippen molar-refractivity contribution in [1.29, 1.82) is 0 Å². The summed E-state index contributed by atoms with van der Waals surface area (Å²) in [5.74, 6) is 3.09. The second-order valence-corrected chi connectivity index (χ2v) is 7.08. The molecule has 0 aromatic carbocycles. The summed E-state index contributed by atoms with van der Waals surface area (Å²) in [6, 6.07) is 0. The summed E-state index contributed by atoms with van der Waals surface area (Å²) < 4.78 is 5.81. The Hall–Kier alpha value is -0.300. The maximum Gasteiger partial charge on any atom is 0.0648 e. The van der Waals surface area contributed by atoms with Crippen LogP contribution in [-0.4, -0.2) is 12.7 Å². The van der Waals surface area contributed by atoms with Gasteiger partial charge >= 0.3 is 0 Å². The maximum absolute atomic E-state index is 5.81. The zero-order valence-corrected chi connectivity index (χ0v) is 13.5. The smallest absolute Gasteiger partial charge is 0.0648 e. The molecule has 2 fully saturated rings. The van der Waals surface area contributed by atoms with E-state index in [0.29, 0.717) is 6.10 Å². The zero-order chi connectivity index (χ0) is 14.2. The fraction of sp³-hybridized carbons (Fsp3) is 0.895. The first kappa shape index (κ1) is 16.1. The molecule has 0 aliphatic heterocycles. The van der Waals surface area contributed by atoms with E-state index in [9.17, 15) is 0 Å². The van der Waals surface area contributed by atoms with Crippen molar-refractivity contribution in [3.63, 3.8) is 0 Å². The minimum absolute atomic E-state index is 0.519. The Morgan fingerprint density at radius 1 is 0.950 bits per heavy atom. The number of ether oxygens (including phenoxy) is 1. The van der Waals surface area contributed by atoms with Gasteiger partial charge in [-0.2, -0.15) is 0 Å². The first-order valence-electron chi connectivity index (χ1n) is 9.06. The lowest BCUT2D eigenvalue weighted by Crippen LogP contribution is -2.28. The Morgan fingerprint density at radius 2 is 1.55 bits per heavy atom. The van der Waals surface area contributed by atoms with Crippen LogP contribution in [0, 0.1) is 17.8 Å². The molecular formula is C19H34O. The molecule has 0 heterocycles. The summed E-state index contributed by atoms with van der Waals surface area (Å²) in [6.07, 6.45) is 18.1. The molecule has 1 nitrogen and oxygen atoms in total. The Balaban J connectivity index is 1.64. The molecule has 0 amide bonds. The van der Waals surface area contributed by atoms with E-state index in [0.717, 1.165) is 24.4 Å². The molecule has 0 radical (unpaired) electrons.